The first-order valence-corrected chi connectivity index (χ1v) is 21.4. The Bertz CT molecular complexity index is 978. The van der Waals surface area contributed by atoms with Crippen LogP contribution in [-0.4, -0.2) is 26.3 Å². The molecule has 3 rings (SSSR count). The molecule has 3 heteroatoms. The zero-order valence-electron chi connectivity index (χ0n) is 19.3. The topological polar surface area (TPSA) is 12.9 Å². The fourth-order valence-corrected chi connectivity index (χ4v) is 7.23. The predicted octanol–water partition coefficient (Wildman–Crippen LogP) is 6.16. The first kappa shape index (κ1) is 22.0. The van der Waals surface area contributed by atoms with Crippen LogP contribution in [0.4, 0.5) is 0 Å². The number of rotatable bonds is 5. The molecule has 0 atom stereocenters. The van der Waals surface area contributed by atoms with Crippen LogP contribution in [0, 0.1) is 0 Å². The van der Waals surface area contributed by atoms with Gasteiger partial charge in [-0.2, -0.15) is 0 Å². The molecule has 29 heavy (non-hydrogen) atoms. The van der Waals surface area contributed by atoms with E-state index < -0.39 is 21.3 Å². The van der Waals surface area contributed by atoms with E-state index >= 15 is 0 Å². The zero-order chi connectivity index (χ0) is 21.4. The van der Waals surface area contributed by atoms with Crippen LogP contribution >= 0.6 is 0 Å². The molecule has 1 nitrogen and oxygen atoms in total. The van der Waals surface area contributed by atoms with E-state index in [0.717, 1.165) is 5.69 Å². The Morgan fingerprint density at radius 1 is 0.828 bits per heavy atom. The molecular weight excluding hydrogens is 427 g/mol. The third-order valence-electron chi connectivity index (χ3n) is 5.96. The molecule has 0 aliphatic carbocycles. The van der Waals surface area contributed by atoms with Gasteiger partial charge in [-0.1, -0.05) is 0 Å². The second-order valence-corrected chi connectivity index (χ2v) is 26.4. The Morgan fingerprint density at radius 3 is 2.00 bits per heavy atom. The van der Waals surface area contributed by atoms with E-state index in [1.165, 1.54) is 21.9 Å². The Balaban J connectivity index is 2.20. The molecule has 0 N–H and O–H groups in total. The number of hydrogen-bond donors (Lipinski definition) is 0. The van der Waals surface area contributed by atoms with Crippen molar-refractivity contribution in [3.63, 3.8) is 0 Å². The van der Waals surface area contributed by atoms with Gasteiger partial charge in [-0.25, -0.2) is 0 Å². The summed E-state index contributed by atoms with van der Waals surface area (Å²) in [6, 6.07) is 22.6. The number of hydrogen-bond acceptors (Lipinski definition) is 1. The van der Waals surface area contributed by atoms with Gasteiger partial charge in [0.2, 0.25) is 0 Å². The normalized spacial score (nSPS) is 12.8. The van der Waals surface area contributed by atoms with Gasteiger partial charge in [0.25, 0.3) is 0 Å². The van der Waals surface area contributed by atoms with Crippen LogP contribution in [0.5, 0.6) is 0 Å². The zero-order valence-corrected chi connectivity index (χ0v) is 22.4. The molecule has 0 spiro atoms. The molecule has 0 fully saturated rings. The Labute approximate surface area is 181 Å². The van der Waals surface area contributed by atoms with Crippen molar-refractivity contribution in [2.75, 3.05) is 0 Å². The quantitative estimate of drug-likeness (QED) is 0.414. The summed E-state index contributed by atoms with van der Waals surface area (Å²) in [6.45, 7) is 11.8. The second kappa shape index (κ2) is 7.88. The first-order valence-electron chi connectivity index (χ1n) is 10.6. The van der Waals surface area contributed by atoms with Crippen LogP contribution in [0.15, 0.2) is 66.9 Å². The van der Waals surface area contributed by atoms with Crippen LogP contribution in [0.1, 0.15) is 25.0 Å². The molecule has 152 valence electrons. The van der Waals surface area contributed by atoms with Crippen molar-refractivity contribution >= 4 is 30.9 Å². The molecule has 3 aromatic rings. The summed E-state index contributed by atoms with van der Waals surface area (Å²) in [5, 5.41) is 1.41. The molecule has 0 aliphatic rings. The molecule has 0 unspecified atom stereocenters. The van der Waals surface area contributed by atoms with Crippen LogP contribution in [0.3, 0.4) is 0 Å². The van der Waals surface area contributed by atoms with E-state index in [4.69, 9.17) is 4.98 Å². The molecule has 2 aromatic carbocycles. The molecule has 0 amide bonds. The van der Waals surface area contributed by atoms with E-state index in [2.05, 4.69) is 118 Å². The number of benzene rings is 2. The summed E-state index contributed by atoms with van der Waals surface area (Å²) in [6.07, 6.45) is 2.11. The minimum atomic E-state index is -1.95. The third-order valence-corrected chi connectivity index (χ3v) is 12.3. The van der Waals surface area contributed by atoms with Gasteiger partial charge in [-0.15, -0.1) is 0 Å². The summed E-state index contributed by atoms with van der Waals surface area (Å²) in [7, 11) is -1.35. The van der Waals surface area contributed by atoms with Crippen molar-refractivity contribution < 1.29 is 0 Å². The van der Waals surface area contributed by atoms with Crippen molar-refractivity contribution in [3.05, 3.63) is 78.0 Å². The standard InChI is InChI=1S/C26H35GeNSi/c1-26(2,20-12-10-9-11-13-20)24-18-21(27(3,4)5)14-16-23(24)25-17-15-22(19-28-25)29(6,7)8/h9-19H,1-8H3. The maximum absolute atomic E-state index is 4.93. The molecule has 0 radical (unpaired) electrons. The predicted molar refractivity (Wildman–Crippen MR) is 134 cm³/mol. The summed E-state index contributed by atoms with van der Waals surface area (Å²) >= 11 is -1.95. The van der Waals surface area contributed by atoms with Gasteiger partial charge in [-0.05, 0) is 0 Å². The van der Waals surface area contributed by atoms with Crippen molar-refractivity contribution in [2.45, 2.75) is 56.2 Å². The van der Waals surface area contributed by atoms with Gasteiger partial charge in [0.1, 0.15) is 0 Å². The van der Waals surface area contributed by atoms with Gasteiger partial charge in [0.05, 0.1) is 0 Å². The van der Waals surface area contributed by atoms with Crippen molar-refractivity contribution in [1.29, 1.82) is 0 Å². The van der Waals surface area contributed by atoms with E-state index in [1.807, 2.05) is 0 Å². The molecule has 0 saturated heterocycles. The molecule has 0 saturated carbocycles. The monoisotopic (exact) mass is 463 g/mol. The molecule has 0 bridgehead atoms. The molecular formula is C26H35GeNSi. The van der Waals surface area contributed by atoms with Gasteiger partial charge in [0, 0.05) is 0 Å². The van der Waals surface area contributed by atoms with E-state index in [0.29, 0.717) is 0 Å². The van der Waals surface area contributed by atoms with Crippen LogP contribution in [-0.2, 0) is 5.41 Å². The Hall–Kier alpha value is -1.65. The van der Waals surface area contributed by atoms with Crippen molar-refractivity contribution in [1.82, 2.24) is 4.98 Å². The SMILES string of the molecule is CC(C)(c1ccccc1)c1c[c]([Ge]([CH3])([CH3])[CH3])ccc1-c1ccc([Si](C)(C)C)cn1. The fraction of sp³-hybridized carbons (Fsp3) is 0.346. The summed E-state index contributed by atoms with van der Waals surface area (Å²) in [4.78, 5) is 4.93. The Kier molecular flexibility index (Phi) is 5.99. The van der Waals surface area contributed by atoms with Crippen LogP contribution in [0.2, 0.25) is 36.9 Å². The van der Waals surface area contributed by atoms with Gasteiger partial charge in [-0.3, -0.25) is 0 Å². The van der Waals surface area contributed by atoms with Crippen molar-refractivity contribution in [3.8, 4) is 11.3 Å². The number of pyridine rings is 1. The number of nitrogens with zero attached hydrogens (tertiary/aromatic N) is 1. The van der Waals surface area contributed by atoms with E-state index in [-0.39, 0.29) is 5.41 Å². The Morgan fingerprint density at radius 2 is 1.48 bits per heavy atom. The molecule has 0 aliphatic heterocycles. The van der Waals surface area contributed by atoms with Crippen LogP contribution in [0.25, 0.3) is 11.3 Å². The van der Waals surface area contributed by atoms with E-state index in [9.17, 15) is 0 Å². The van der Waals surface area contributed by atoms with Gasteiger partial charge < -0.3 is 0 Å². The molecule has 1 aromatic heterocycles. The van der Waals surface area contributed by atoms with Crippen LogP contribution < -0.4 is 9.58 Å². The first-order chi connectivity index (χ1) is 13.4. The second-order valence-electron chi connectivity index (χ2n) is 10.7. The average molecular weight is 462 g/mol. The summed E-state index contributed by atoms with van der Waals surface area (Å²) < 4.78 is 1.55. The van der Waals surface area contributed by atoms with Gasteiger partial charge >= 0.3 is 181 Å². The van der Waals surface area contributed by atoms with Crippen molar-refractivity contribution in [2.24, 2.45) is 0 Å². The third kappa shape index (κ3) is 4.75. The summed E-state index contributed by atoms with van der Waals surface area (Å²) in [5.74, 6) is 7.40. The number of aromatic nitrogens is 1. The minimum absolute atomic E-state index is 0.0841. The molecule has 1 heterocycles. The summed E-state index contributed by atoms with van der Waals surface area (Å²) in [5.41, 5.74) is 4.99. The maximum atomic E-state index is 4.93. The van der Waals surface area contributed by atoms with E-state index in [1.54, 1.807) is 4.40 Å². The van der Waals surface area contributed by atoms with Gasteiger partial charge in [0.15, 0.2) is 0 Å². The fourth-order valence-electron chi connectivity index (χ4n) is 3.76. The average Bonchev–Trinajstić information content (AvgIpc) is 2.67.